The molecule has 0 bridgehead atoms. The van der Waals surface area contributed by atoms with Crippen LogP contribution in [0.25, 0.3) is 0 Å². The fourth-order valence-electron chi connectivity index (χ4n) is 3.42. The van der Waals surface area contributed by atoms with E-state index < -0.39 is 11.8 Å². The number of nitrogens with one attached hydrogen (secondary N) is 1. The van der Waals surface area contributed by atoms with E-state index in [4.69, 9.17) is 0 Å². The number of hydrogen-bond acceptors (Lipinski definition) is 3. The van der Waals surface area contributed by atoms with Gasteiger partial charge >= 0.3 is 11.8 Å². The zero-order chi connectivity index (χ0) is 16.2. The van der Waals surface area contributed by atoms with Gasteiger partial charge in [-0.3, -0.25) is 9.59 Å². The lowest BCUT2D eigenvalue weighted by atomic mass is 9.86. The Labute approximate surface area is 136 Å². The first kappa shape index (κ1) is 15.8. The maximum Gasteiger partial charge on any atom is 0.315 e. The Balaban J connectivity index is 1.58. The molecule has 2 aliphatic rings. The number of nitrogens with zero attached hydrogens (tertiary/aromatic N) is 3. The molecule has 1 aliphatic carbocycles. The summed E-state index contributed by atoms with van der Waals surface area (Å²) in [5, 5.41) is 6.90. The number of likely N-dealkylation sites (tertiary alicyclic amines) is 1. The zero-order valence-corrected chi connectivity index (χ0v) is 13.6. The van der Waals surface area contributed by atoms with Gasteiger partial charge in [-0.2, -0.15) is 5.10 Å². The molecule has 0 spiro atoms. The molecule has 124 valence electrons. The van der Waals surface area contributed by atoms with Crippen molar-refractivity contribution in [3.05, 3.63) is 24.4 Å². The van der Waals surface area contributed by atoms with Crippen LogP contribution in [0.5, 0.6) is 0 Å². The van der Waals surface area contributed by atoms with Crippen molar-refractivity contribution in [1.29, 1.82) is 0 Å². The third kappa shape index (κ3) is 3.46. The number of allylic oxidation sites excluding steroid dienone is 2. The van der Waals surface area contributed by atoms with Gasteiger partial charge in [0.1, 0.15) is 5.82 Å². The number of unbranched alkanes of at least 4 members (excludes halogenated alkanes) is 1. The first-order valence-electron chi connectivity index (χ1n) is 8.46. The number of aryl methyl sites for hydroxylation is 1. The van der Waals surface area contributed by atoms with Gasteiger partial charge in [0, 0.05) is 25.7 Å². The third-order valence-corrected chi connectivity index (χ3v) is 4.78. The number of amides is 2. The average molecular weight is 316 g/mol. The van der Waals surface area contributed by atoms with E-state index >= 15 is 0 Å². The van der Waals surface area contributed by atoms with E-state index in [9.17, 15) is 9.59 Å². The molecule has 1 aliphatic heterocycles. The van der Waals surface area contributed by atoms with E-state index in [1.165, 1.54) is 0 Å². The molecule has 23 heavy (non-hydrogen) atoms. The molecule has 0 saturated carbocycles. The number of anilines is 1. The molecule has 0 unspecified atom stereocenters. The van der Waals surface area contributed by atoms with Gasteiger partial charge in [0.25, 0.3) is 0 Å². The lowest BCUT2D eigenvalue weighted by Crippen LogP contribution is -2.38. The number of rotatable bonds is 4. The van der Waals surface area contributed by atoms with Gasteiger partial charge < -0.3 is 10.2 Å². The molecule has 2 heterocycles. The van der Waals surface area contributed by atoms with Crippen molar-refractivity contribution in [2.75, 3.05) is 18.4 Å². The van der Waals surface area contributed by atoms with Crippen molar-refractivity contribution in [2.45, 2.75) is 39.2 Å². The van der Waals surface area contributed by atoms with E-state index in [0.29, 0.717) is 30.7 Å². The van der Waals surface area contributed by atoms with Crippen LogP contribution in [0.4, 0.5) is 5.82 Å². The van der Waals surface area contributed by atoms with Crippen LogP contribution in [-0.2, 0) is 16.1 Å². The molecule has 1 N–H and O–H groups in total. The van der Waals surface area contributed by atoms with Crippen LogP contribution in [0, 0.1) is 11.8 Å². The number of fused-ring (bicyclic) bond motifs is 1. The van der Waals surface area contributed by atoms with E-state index in [0.717, 1.165) is 32.2 Å². The molecule has 1 saturated heterocycles. The predicted molar refractivity (Wildman–Crippen MR) is 87.7 cm³/mol. The molecule has 1 aromatic heterocycles. The molecule has 3 rings (SSSR count). The predicted octanol–water partition coefficient (Wildman–Crippen LogP) is 2.05. The second-order valence-electron chi connectivity index (χ2n) is 6.42. The largest absolute Gasteiger partial charge is 0.334 e. The first-order valence-corrected chi connectivity index (χ1v) is 8.46. The highest BCUT2D eigenvalue weighted by molar-refractivity contribution is 6.39. The van der Waals surface area contributed by atoms with Gasteiger partial charge in [0.05, 0.1) is 6.20 Å². The number of carbonyl (C=O) groups excluding carboxylic acids is 2. The highest BCUT2D eigenvalue weighted by atomic mass is 16.2. The molecule has 2 amide bonds. The summed E-state index contributed by atoms with van der Waals surface area (Å²) < 4.78 is 1.74. The molecule has 0 aromatic carbocycles. The average Bonchev–Trinajstić information content (AvgIpc) is 3.18. The maximum atomic E-state index is 12.4. The maximum absolute atomic E-state index is 12.4. The zero-order valence-electron chi connectivity index (χ0n) is 13.6. The van der Waals surface area contributed by atoms with Crippen LogP contribution in [0.3, 0.4) is 0 Å². The number of hydrogen-bond donors (Lipinski definition) is 1. The fourth-order valence-corrected chi connectivity index (χ4v) is 3.42. The van der Waals surface area contributed by atoms with Crippen LogP contribution in [0.2, 0.25) is 0 Å². The molecule has 6 heteroatoms. The molecule has 0 radical (unpaired) electrons. The fraction of sp³-hybridized carbons (Fsp3) is 0.588. The Morgan fingerprint density at radius 1 is 1.26 bits per heavy atom. The summed E-state index contributed by atoms with van der Waals surface area (Å²) in [6.45, 7) is 4.23. The standard InChI is InChI=1S/C17H24N4O2/c1-2-3-10-21-15(8-9-18-21)19-16(22)17(23)20-11-13-6-4-5-7-14(13)12-20/h4-5,8-9,13-14H,2-3,6-7,10-12H2,1H3,(H,19,22)/t13-,14-/m0/s1. The minimum Gasteiger partial charge on any atom is -0.334 e. The summed E-state index contributed by atoms with van der Waals surface area (Å²) in [6, 6.07) is 1.73. The first-order chi connectivity index (χ1) is 11.2. The Kier molecular flexibility index (Phi) is 4.79. The summed E-state index contributed by atoms with van der Waals surface area (Å²) in [6.07, 6.45) is 10.1. The van der Waals surface area contributed by atoms with Crippen molar-refractivity contribution >= 4 is 17.6 Å². The van der Waals surface area contributed by atoms with E-state index in [-0.39, 0.29) is 0 Å². The van der Waals surface area contributed by atoms with Gasteiger partial charge in [-0.25, -0.2) is 4.68 Å². The highest BCUT2D eigenvalue weighted by Crippen LogP contribution is 2.32. The van der Waals surface area contributed by atoms with E-state index in [1.54, 1.807) is 21.8 Å². The van der Waals surface area contributed by atoms with E-state index in [1.807, 2.05) is 0 Å². The second kappa shape index (κ2) is 6.98. The monoisotopic (exact) mass is 316 g/mol. The van der Waals surface area contributed by atoms with Crippen molar-refractivity contribution in [1.82, 2.24) is 14.7 Å². The van der Waals surface area contributed by atoms with Crippen LogP contribution >= 0.6 is 0 Å². The minimum absolute atomic E-state index is 0.428. The van der Waals surface area contributed by atoms with Gasteiger partial charge in [0.2, 0.25) is 0 Å². The van der Waals surface area contributed by atoms with Gasteiger partial charge in [0.15, 0.2) is 0 Å². The SMILES string of the molecule is CCCCn1nccc1NC(=O)C(=O)N1C[C@@H]2CC=CC[C@H]2C1. The Morgan fingerprint density at radius 2 is 1.96 bits per heavy atom. The van der Waals surface area contributed by atoms with Crippen molar-refractivity contribution in [3.63, 3.8) is 0 Å². The van der Waals surface area contributed by atoms with Crippen LogP contribution in [-0.4, -0.2) is 39.6 Å². The van der Waals surface area contributed by atoms with Crippen LogP contribution < -0.4 is 5.32 Å². The van der Waals surface area contributed by atoms with Crippen LogP contribution in [0.1, 0.15) is 32.6 Å². The molecule has 2 atom stereocenters. The topological polar surface area (TPSA) is 67.2 Å². The molecule has 6 nitrogen and oxygen atoms in total. The van der Waals surface area contributed by atoms with Crippen molar-refractivity contribution < 1.29 is 9.59 Å². The summed E-state index contributed by atoms with van der Waals surface area (Å²) in [7, 11) is 0. The Bertz CT molecular complexity index is 591. The summed E-state index contributed by atoms with van der Waals surface area (Å²) >= 11 is 0. The second-order valence-corrected chi connectivity index (χ2v) is 6.42. The molecule has 1 fully saturated rings. The molecular formula is C17H24N4O2. The van der Waals surface area contributed by atoms with Crippen LogP contribution in [0.15, 0.2) is 24.4 Å². The van der Waals surface area contributed by atoms with Crippen molar-refractivity contribution in [3.8, 4) is 0 Å². The summed E-state index contributed by atoms with van der Waals surface area (Å²) in [5.41, 5.74) is 0. The quantitative estimate of drug-likeness (QED) is 0.683. The Morgan fingerprint density at radius 3 is 2.61 bits per heavy atom. The highest BCUT2D eigenvalue weighted by Gasteiger charge is 2.37. The van der Waals surface area contributed by atoms with E-state index in [2.05, 4.69) is 29.5 Å². The van der Waals surface area contributed by atoms with Gasteiger partial charge in [-0.1, -0.05) is 25.5 Å². The lowest BCUT2D eigenvalue weighted by molar-refractivity contribution is -0.142. The molecular weight excluding hydrogens is 292 g/mol. The molecule has 1 aromatic rings. The summed E-state index contributed by atoms with van der Waals surface area (Å²) in [5.74, 6) is 0.617. The third-order valence-electron chi connectivity index (χ3n) is 4.78. The Hall–Kier alpha value is -2.11. The van der Waals surface area contributed by atoms with Gasteiger partial charge in [-0.05, 0) is 31.1 Å². The van der Waals surface area contributed by atoms with Gasteiger partial charge in [-0.15, -0.1) is 0 Å². The normalized spacial score (nSPS) is 22.9. The number of aromatic nitrogens is 2. The lowest BCUT2D eigenvalue weighted by Gasteiger charge is -2.17. The smallest absolute Gasteiger partial charge is 0.315 e. The number of carbonyl (C=O) groups is 2. The minimum atomic E-state index is -0.560. The van der Waals surface area contributed by atoms with Crippen molar-refractivity contribution in [2.24, 2.45) is 11.8 Å². The summed E-state index contributed by atoms with van der Waals surface area (Å²) in [4.78, 5) is 26.4.